The molecule has 0 N–H and O–H groups in total. The molecule has 1 aliphatic rings. The molecule has 0 radical (unpaired) electrons. The van der Waals surface area contributed by atoms with Gasteiger partial charge in [-0.15, -0.1) is 6.58 Å². The van der Waals surface area contributed by atoms with Gasteiger partial charge in [0.2, 0.25) is 0 Å². The molecule has 0 bridgehead atoms. The van der Waals surface area contributed by atoms with Gasteiger partial charge < -0.3 is 9.47 Å². The third-order valence-corrected chi connectivity index (χ3v) is 7.04. The Labute approximate surface area is 220 Å². The number of para-hydroxylation sites is 1. The topological polar surface area (TPSA) is 38.8 Å². The second-order valence-electron chi connectivity index (χ2n) is 7.92. The normalized spacial score (nSPS) is 14.5. The first kappa shape index (κ1) is 25.0. The zero-order chi connectivity index (χ0) is 24.9. The molecule has 0 spiro atoms. The molecular formula is C28H24ClNO3S2. The van der Waals surface area contributed by atoms with Crippen LogP contribution in [0.15, 0.2) is 78.2 Å². The van der Waals surface area contributed by atoms with Gasteiger partial charge in [-0.2, -0.15) is 0 Å². The largest absolute Gasteiger partial charge is 0.493 e. The molecule has 1 fully saturated rings. The molecule has 0 saturated carbocycles. The van der Waals surface area contributed by atoms with Crippen LogP contribution in [-0.2, 0) is 17.8 Å². The number of amides is 1. The Hall–Kier alpha value is -3.06. The van der Waals surface area contributed by atoms with Crippen LogP contribution in [0.2, 0.25) is 5.02 Å². The van der Waals surface area contributed by atoms with Crippen LogP contribution >= 0.6 is 35.6 Å². The number of halogens is 1. The smallest absolute Gasteiger partial charge is 0.270 e. The summed E-state index contributed by atoms with van der Waals surface area (Å²) in [7, 11) is 1.60. The molecule has 178 valence electrons. The Morgan fingerprint density at radius 3 is 2.57 bits per heavy atom. The Balaban J connectivity index is 1.65. The van der Waals surface area contributed by atoms with Gasteiger partial charge in [0.25, 0.3) is 5.91 Å². The molecular weight excluding hydrogens is 498 g/mol. The van der Waals surface area contributed by atoms with Crippen LogP contribution in [0.1, 0.15) is 22.3 Å². The summed E-state index contributed by atoms with van der Waals surface area (Å²) < 4.78 is 12.3. The number of benzene rings is 3. The predicted octanol–water partition coefficient (Wildman–Crippen LogP) is 7.37. The van der Waals surface area contributed by atoms with Gasteiger partial charge in [-0.05, 0) is 66.4 Å². The van der Waals surface area contributed by atoms with Crippen molar-refractivity contribution in [3.05, 3.63) is 106 Å². The van der Waals surface area contributed by atoms with Crippen molar-refractivity contribution in [2.45, 2.75) is 20.0 Å². The van der Waals surface area contributed by atoms with Gasteiger partial charge in [0.05, 0.1) is 17.7 Å². The maximum Gasteiger partial charge on any atom is 0.270 e. The number of carbonyl (C=O) groups is 1. The Morgan fingerprint density at radius 1 is 1.14 bits per heavy atom. The first-order chi connectivity index (χ1) is 16.9. The first-order valence-electron chi connectivity index (χ1n) is 10.9. The van der Waals surface area contributed by atoms with E-state index >= 15 is 0 Å². The van der Waals surface area contributed by atoms with Gasteiger partial charge in [-0.1, -0.05) is 72.0 Å². The first-order valence-corrected chi connectivity index (χ1v) is 12.5. The number of methoxy groups -OCH3 is 1. The molecule has 1 saturated heterocycles. The second kappa shape index (κ2) is 11.1. The van der Waals surface area contributed by atoms with Crippen LogP contribution < -0.4 is 14.4 Å². The van der Waals surface area contributed by atoms with E-state index < -0.39 is 0 Å². The predicted molar refractivity (Wildman–Crippen MR) is 150 cm³/mol. The summed E-state index contributed by atoms with van der Waals surface area (Å²) in [6.45, 7) is 6.21. The van der Waals surface area contributed by atoms with Gasteiger partial charge in [0.1, 0.15) is 6.61 Å². The molecule has 3 aromatic carbocycles. The summed E-state index contributed by atoms with van der Waals surface area (Å²) in [6, 6.07) is 19.1. The van der Waals surface area contributed by atoms with E-state index in [1.807, 2.05) is 79.7 Å². The Morgan fingerprint density at radius 2 is 1.89 bits per heavy atom. The molecule has 35 heavy (non-hydrogen) atoms. The number of hydrogen-bond donors (Lipinski definition) is 0. The van der Waals surface area contributed by atoms with Crippen molar-refractivity contribution >= 4 is 57.6 Å². The zero-order valence-electron chi connectivity index (χ0n) is 19.4. The number of aryl methyl sites for hydroxylation is 1. The molecule has 1 aliphatic heterocycles. The summed E-state index contributed by atoms with van der Waals surface area (Å²) in [5, 5.41) is 0.677. The lowest BCUT2D eigenvalue weighted by Crippen LogP contribution is -2.28. The van der Waals surface area contributed by atoms with Crippen LogP contribution in [0.4, 0.5) is 5.69 Å². The monoisotopic (exact) mass is 521 g/mol. The molecule has 7 heteroatoms. The molecule has 3 aromatic rings. The lowest BCUT2D eigenvalue weighted by atomic mass is 10.0. The number of ether oxygens (including phenoxy) is 2. The number of nitrogens with zero attached hydrogens (tertiary/aromatic N) is 1. The number of thiocarbonyl (C=S) groups is 1. The highest BCUT2D eigenvalue weighted by atomic mass is 35.5. The van der Waals surface area contributed by atoms with E-state index in [2.05, 4.69) is 6.58 Å². The number of carbonyl (C=O) groups excluding carboxylic acids is 1. The van der Waals surface area contributed by atoms with E-state index in [-0.39, 0.29) is 5.91 Å². The van der Waals surface area contributed by atoms with Crippen LogP contribution in [0.3, 0.4) is 0 Å². The van der Waals surface area contributed by atoms with Gasteiger partial charge >= 0.3 is 0 Å². The van der Waals surface area contributed by atoms with Crippen molar-refractivity contribution in [2.24, 2.45) is 0 Å². The summed E-state index contributed by atoms with van der Waals surface area (Å²) in [4.78, 5) is 15.4. The zero-order valence-corrected chi connectivity index (χ0v) is 21.8. The van der Waals surface area contributed by atoms with Crippen molar-refractivity contribution in [3.8, 4) is 11.5 Å². The average Bonchev–Trinajstić information content (AvgIpc) is 3.12. The maximum absolute atomic E-state index is 13.3. The fourth-order valence-corrected chi connectivity index (χ4v) is 5.18. The van der Waals surface area contributed by atoms with E-state index in [0.717, 1.165) is 27.9 Å². The highest BCUT2D eigenvalue weighted by Gasteiger charge is 2.34. The van der Waals surface area contributed by atoms with Crippen molar-refractivity contribution in [1.29, 1.82) is 0 Å². The molecule has 0 unspecified atom stereocenters. The highest BCUT2D eigenvalue weighted by Crippen LogP contribution is 2.39. The van der Waals surface area contributed by atoms with E-state index in [0.29, 0.717) is 38.8 Å². The number of thioether (sulfide) groups is 1. The molecule has 0 aromatic heterocycles. The average molecular weight is 522 g/mol. The van der Waals surface area contributed by atoms with Crippen molar-refractivity contribution in [3.63, 3.8) is 0 Å². The van der Waals surface area contributed by atoms with Gasteiger partial charge in [0.15, 0.2) is 15.8 Å². The fourth-order valence-electron chi connectivity index (χ4n) is 3.77. The highest BCUT2D eigenvalue weighted by molar-refractivity contribution is 8.27. The van der Waals surface area contributed by atoms with Gasteiger partial charge in [0, 0.05) is 10.6 Å². The molecule has 4 nitrogen and oxygen atoms in total. The van der Waals surface area contributed by atoms with Crippen LogP contribution in [0.25, 0.3) is 6.08 Å². The number of rotatable bonds is 8. The molecule has 0 atom stereocenters. The van der Waals surface area contributed by atoms with Crippen LogP contribution in [-0.4, -0.2) is 17.3 Å². The summed E-state index contributed by atoms with van der Waals surface area (Å²) in [6.07, 6.45) is 4.24. The van der Waals surface area contributed by atoms with Crippen molar-refractivity contribution in [2.75, 3.05) is 12.0 Å². The minimum atomic E-state index is -0.137. The third-order valence-electron chi connectivity index (χ3n) is 5.48. The summed E-state index contributed by atoms with van der Waals surface area (Å²) >= 11 is 12.8. The lowest BCUT2D eigenvalue weighted by molar-refractivity contribution is -0.113. The minimum Gasteiger partial charge on any atom is -0.493 e. The van der Waals surface area contributed by atoms with E-state index in [9.17, 15) is 4.79 Å². The van der Waals surface area contributed by atoms with E-state index in [4.69, 9.17) is 33.3 Å². The molecule has 4 rings (SSSR count). The number of hydrogen-bond acceptors (Lipinski definition) is 5. The van der Waals surface area contributed by atoms with Crippen LogP contribution in [0, 0.1) is 6.92 Å². The Kier molecular flexibility index (Phi) is 7.96. The fraction of sp³-hybridized carbons (Fsp3) is 0.143. The quantitative estimate of drug-likeness (QED) is 0.176. The van der Waals surface area contributed by atoms with Gasteiger partial charge in [-0.3, -0.25) is 9.69 Å². The van der Waals surface area contributed by atoms with E-state index in [1.54, 1.807) is 12.0 Å². The number of allylic oxidation sites excluding steroid dienone is 1. The van der Waals surface area contributed by atoms with Crippen molar-refractivity contribution in [1.82, 2.24) is 0 Å². The molecule has 1 amide bonds. The lowest BCUT2D eigenvalue weighted by Gasteiger charge is -2.17. The molecule has 1 heterocycles. The SMILES string of the molecule is C=CCc1cc(/C=C2\SC(=S)N(c3ccccc3C)C2=O)cc(OC)c1OCc1ccc(Cl)cc1. The summed E-state index contributed by atoms with van der Waals surface area (Å²) in [5.74, 6) is 1.09. The number of anilines is 1. The molecule has 0 aliphatic carbocycles. The van der Waals surface area contributed by atoms with Gasteiger partial charge in [-0.25, -0.2) is 0 Å². The maximum atomic E-state index is 13.3. The van der Waals surface area contributed by atoms with Crippen molar-refractivity contribution < 1.29 is 14.3 Å². The second-order valence-corrected chi connectivity index (χ2v) is 10.0. The standard InChI is InChI=1S/C28H24ClNO3S2/c1-4-7-21-14-20(15-24(32-3)26(21)33-17-19-10-12-22(29)13-11-19)16-25-27(31)30(28(34)35-25)23-9-6-5-8-18(23)2/h4-6,8-16H,1,7,17H2,2-3H3/b25-16-. The minimum absolute atomic E-state index is 0.137. The third kappa shape index (κ3) is 5.61. The summed E-state index contributed by atoms with van der Waals surface area (Å²) in [5.41, 5.74) is 4.51. The van der Waals surface area contributed by atoms with Crippen LogP contribution in [0.5, 0.6) is 11.5 Å². The Bertz CT molecular complexity index is 1320. The van der Waals surface area contributed by atoms with E-state index in [1.165, 1.54) is 11.8 Å².